The summed E-state index contributed by atoms with van der Waals surface area (Å²) >= 11 is 0. The summed E-state index contributed by atoms with van der Waals surface area (Å²) in [5, 5.41) is 5.57. The number of carbonyl (C=O) groups excluding carboxylic acids is 2. The lowest BCUT2D eigenvalue weighted by atomic mass is 10.0. The summed E-state index contributed by atoms with van der Waals surface area (Å²) in [7, 11) is 0. The van der Waals surface area contributed by atoms with Crippen LogP contribution in [0.5, 0.6) is 5.75 Å². The van der Waals surface area contributed by atoms with E-state index >= 15 is 0 Å². The van der Waals surface area contributed by atoms with Crippen molar-refractivity contribution in [1.29, 1.82) is 0 Å². The Bertz CT molecular complexity index is 775. The third-order valence-corrected chi connectivity index (χ3v) is 3.99. The number of amides is 2. The van der Waals surface area contributed by atoms with E-state index in [0.29, 0.717) is 31.6 Å². The van der Waals surface area contributed by atoms with Crippen molar-refractivity contribution in [3.8, 4) is 5.75 Å². The molecule has 0 unspecified atom stereocenters. The van der Waals surface area contributed by atoms with Crippen molar-refractivity contribution in [2.24, 2.45) is 0 Å². The largest absolute Gasteiger partial charge is 0.484 e. The van der Waals surface area contributed by atoms with Crippen molar-refractivity contribution < 1.29 is 18.7 Å². The molecule has 1 aliphatic heterocycles. The maximum Gasteiger partial charge on any atom is 0.257 e. The highest BCUT2D eigenvalue weighted by molar-refractivity contribution is 5.94. The Morgan fingerprint density at radius 2 is 1.96 bits per heavy atom. The van der Waals surface area contributed by atoms with Crippen LogP contribution in [0.1, 0.15) is 17.5 Å². The van der Waals surface area contributed by atoms with Crippen LogP contribution in [-0.4, -0.2) is 25.0 Å². The van der Waals surface area contributed by atoms with Crippen molar-refractivity contribution in [2.75, 3.05) is 18.5 Å². The molecule has 5 nitrogen and oxygen atoms in total. The van der Waals surface area contributed by atoms with Gasteiger partial charge in [-0.15, -0.1) is 0 Å². The Morgan fingerprint density at radius 1 is 1.16 bits per heavy atom. The standard InChI is InChI=1S/C19H19FN2O3/c20-15-4-1-13(2-5-15)9-10-21-19(24)12-25-16-6-7-17-14(11-16)3-8-18(23)22-17/h1-2,4-7,11H,3,8-10,12H2,(H,21,24)(H,22,23). The summed E-state index contributed by atoms with van der Waals surface area (Å²) in [5.74, 6) is 0.129. The van der Waals surface area contributed by atoms with Crippen molar-refractivity contribution in [3.63, 3.8) is 0 Å². The third-order valence-electron chi connectivity index (χ3n) is 3.99. The van der Waals surface area contributed by atoms with Crippen LogP contribution < -0.4 is 15.4 Å². The van der Waals surface area contributed by atoms with Crippen LogP contribution in [0.2, 0.25) is 0 Å². The minimum absolute atomic E-state index is 0.0155. The van der Waals surface area contributed by atoms with Crippen LogP contribution in [0.15, 0.2) is 42.5 Å². The van der Waals surface area contributed by atoms with E-state index in [2.05, 4.69) is 10.6 Å². The number of halogens is 1. The Hall–Kier alpha value is -2.89. The minimum Gasteiger partial charge on any atom is -0.484 e. The molecular formula is C19H19FN2O3. The van der Waals surface area contributed by atoms with Gasteiger partial charge in [-0.1, -0.05) is 12.1 Å². The van der Waals surface area contributed by atoms with E-state index < -0.39 is 0 Å². The monoisotopic (exact) mass is 342 g/mol. The van der Waals surface area contributed by atoms with E-state index in [0.717, 1.165) is 16.8 Å². The number of nitrogens with one attached hydrogen (secondary N) is 2. The van der Waals surface area contributed by atoms with Gasteiger partial charge in [0.15, 0.2) is 6.61 Å². The molecule has 0 radical (unpaired) electrons. The van der Waals surface area contributed by atoms with Crippen LogP contribution in [-0.2, 0) is 22.4 Å². The maximum atomic E-state index is 12.8. The van der Waals surface area contributed by atoms with E-state index in [9.17, 15) is 14.0 Å². The SMILES string of the molecule is O=C(COc1ccc2c(c1)CCC(=O)N2)NCCc1ccc(F)cc1. The molecule has 0 saturated heterocycles. The summed E-state index contributed by atoms with van der Waals surface area (Å²) in [4.78, 5) is 23.2. The van der Waals surface area contributed by atoms with Gasteiger partial charge in [-0.3, -0.25) is 9.59 Å². The Labute approximate surface area is 145 Å². The Morgan fingerprint density at radius 3 is 2.76 bits per heavy atom. The Kier molecular flexibility index (Phi) is 5.28. The van der Waals surface area contributed by atoms with E-state index in [1.807, 2.05) is 6.07 Å². The lowest BCUT2D eigenvalue weighted by Gasteiger charge is -2.17. The first kappa shape index (κ1) is 17.0. The second-order valence-electron chi connectivity index (χ2n) is 5.88. The number of aryl methyl sites for hydroxylation is 1. The first-order valence-electron chi connectivity index (χ1n) is 8.17. The van der Waals surface area contributed by atoms with Crippen molar-refractivity contribution in [3.05, 3.63) is 59.4 Å². The van der Waals surface area contributed by atoms with E-state index in [1.54, 1.807) is 24.3 Å². The van der Waals surface area contributed by atoms with Gasteiger partial charge >= 0.3 is 0 Å². The zero-order chi connectivity index (χ0) is 17.6. The summed E-state index contributed by atoms with van der Waals surface area (Å²) in [6.07, 6.45) is 1.76. The number of fused-ring (bicyclic) bond motifs is 1. The molecule has 2 N–H and O–H groups in total. The van der Waals surface area contributed by atoms with Gasteiger partial charge in [-0.05, 0) is 54.3 Å². The maximum absolute atomic E-state index is 12.8. The van der Waals surface area contributed by atoms with Crippen molar-refractivity contribution in [2.45, 2.75) is 19.3 Å². The van der Waals surface area contributed by atoms with E-state index in [4.69, 9.17) is 4.74 Å². The number of rotatable bonds is 6. The molecule has 0 fully saturated rings. The van der Waals surface area contributed by atoms with Gasteiger partial charge in [0, 0.05) is 18.7 Å². The highest BCUT2D eigenvalue weighted by Gasteiger charge is 2.15. The van der Waals surface area contributed by atoms with Gasteiger partial charge < -0.3 is 15.4 Å². The molecule has 2 amide bonds. The summed E-state index contributed by atoms with van der Waals surface area (Å²) in [6, 6.07) is 11.6. The molecule has 0 aliphatic carbocycles. The molecule has 3 rings (SSSR count). The van der Waals surface area contributed by atoms with E-state index in [1.165, 1.54) is 12.1 Å². The van der Waals surface area contributed by atoms with Crippen LogP contribution in [0, 0.1) is 5.82 Å². The zero-order valence-corrected chi connectivity index (χ0v) is 13.7. The molecule has 2 aromatic rings. The first-order chi connectivity index (χ1) is 12.1. The van der Waals surface area contributed by atoms with Gasteiger partial charge in [0.1, 0.15) is 11.6 Å². The predicted molar refractivity (Wildman–Crippen MR) is 92.0 cm³/mol. The topological polar surface area (TPSA) is 67.4 Å². The minimum atomic E-state index is -0.272. The second-order valence-corrected chi connectivity index (χ2v) is 5.88. The fraction of sp³-hybridized carbons (Fsp3) is 0.263. The van der Waals surface area contributed by atoms with Crippen LogP contribution >= 0.6 is 0 Å². The highest BCUT2D eigenvalue weighted by atomic mass is 19.1. The predicted octanol–water partition coefficient (Wildman–Crippen LogP) is 2.45. The average Bonchev–Trinajstić information content (AvgIpc) is 2.61. The summed E-state index contributed by atoms with van der Waals surface area (Å²) in [6.45, 7) is 0.388. The Balaban J connectivity index is 1.43. The molecule has 0 aromatic heterocycles. The average molecular weight is 342 g/mol. The van der Waals surface area contributed by atoms with Gasteiger partial charge in [0.25, 0.3) is 5.91 Å². The number of anilines is 1. The smallest absolute Gasteiger partial charge is 0.257 e. The van der Waals surface area contributed by atoms with Crippen molar-refractivity contribution >= 4 is 17.5 Å². The molecule has 0 bridgehead atoms. The normalized spacial score (nSPS) is 12.9. The summed E-state index contributed by atoms with van der Waals surface area (Å²) in [5.41, 5.74) is 2.76. The highest BCUT2D eigenvalue weighted by Crippen LogP contribution is 2.26. The molecule has 2 aromatic carbocycles. The van der Waals surface area contributed by atoms with Crippen LogP contribution in [0.25, 0.3) is 0 Å². The van der Waals surface area contributed by atoms with Gasteiger partial charge in [-0.25, -0.2) is 4.39 Å². The lowest BCUT2D eigenvalue weighted by Crippen LogP contribution is -2.30. The quantitative estimate of drug-likeness (QED) is 0.847. The molecule has 0 atom stereocenters. The molecule has 25 heavy (non-hydrogen) atoms. The summed E-state index contributed by atoms with van der Waals surface area (Å²) < 4.78 is 18.3. The number of hydrogen-bond donors (Lipinski definition) is 2. The number of carbonyl (C=O) groups is 2. The van der Waals surface area contributed by atoms with Gasteiger partial charge in [-0.2, -0.15) is 0 Å². The molecule has 1 heterocycles. The number of hydrogen-bond acceptors (Lipinski definition) is 3. The zero-order valence-electron chi connectivity index (χ0n) is 13.7. The van der Waals surface area contributed by atoms with Gasteiger partial charge in [0.2, 0.25) is 5.91 Å². The molecule has 6 heteroatoms. The van der Waals surface area contributed by atoms with Crippen LogP contribution in [0.4, 0.5) is 10.1 Å². The second kappa shape index (κ2) is 7.79. The first-order valence-corrected chi connectivity index (χ1v) is 8.17. The lowest BCUT2D eigenvalue weighted by molar-refractivity contribution is -0.123. The molecule has 1 aliphatic rings. The number of benzene rings is 2. The van der Waals surface area contributed by atoms with Crippen molar-refractivity contribution in [1.82, 2.24) is 5.32 Å². The number of ether oxygens (including phenoxy) is 1. The molecular weight excluding hydrogens is 323 g/mol. The van der Waals surface area contributed by atoms with Gasteiger partial charge in [0.05, 0.1) is 0 Å². The van der Waals surface area contributed by atoms with Crippen LogP contribution in [0.3, 0.4) is 0 Å². The fourth-order valence-electron chi connectivity index (χ4n) is 2.65. The fourth-order valence-corrected chi connectivity index (χ4v) is 2.65. The molecule has 0 saturated carbocycles. The van der Waals surface area contributed by atoms with E-state index in [-0.39, 0.29) is 24.2 Å². The molecule has 0 spiro atoms. The molecule has 130 valence electrons. The third kappa shape index (κ3) is 4.79.